The first-order chi connectivity index (χ1) is 18.3. The number of nitrogens with one attached hydrogen (secondary N) is 1. The minimum atomic E-state index is -0.796. The van der Waals surface area contributed by atoms with E-state index in [-0.39, 0.29) is 5.57 Å². The van der Waals surface area contributed by atoms with E-state index in [2.05, 4.69) is 39.4 Å². The van der Waals surface area contributed by atoms with Crippen LogP contribution in [-0.4, -0.2) is 25.0 Å². The SMILES string of the molecule is COc1cc(/C=C2\C(=O)NC(=O)N(c3ccc(C)cc3)C2=O)c(Br)cc1OCc1ccc2ccccc2c1. The largest absolute Gasteiger partial charge is 0.493 e. The number of barbiturate groups is 1. The van der Waals surface area contributed by atoms with Gasteiger partial charge in [0, 0.05) is 4.47 Å². The third-order valence-electron chi connectivity index (χ3n) is 6.18. The van der Waals surface area contributed by atoms with Crippen molar-refractivity contribution in [2.24, 2.45) is 0 Å². The molecule has 1 aliphatic rings. The van der Waals surface area contributed by atoms with E-state index in [1.54, 1.807) is 36.4 Å². The summed E-state index contributed by atoms with van der Waals surface area (Å²) in [7, 11) is 1.51. The van der Waals surface area contributed by atoms with Crippen LogP contribution in [0.15, 0.2) is 88.9 Å². The molecule has 0 spiro atoms. The number of ether oxygens (including phenoxy) is 2. The van der Waals surface area contributed by atoms with Gasteiger partial charge in [-0.25, -0.2) is 9.69 Å². The number of fused-ring (bicyclic) bond motifs is 1. The molecule has 4 amide bonds. The number of hydrogen-bond acceptors (Lipinski definition) is 5. The van der Waals surface area contributed by atoms with Gasteiger partial charge in [-0.1, -0.05) is 70.0 Å². The Morgan fingerprint density at radius 2 is 1.63 bits per heavy atom. The van der Waals surface area contributed by atoms with Crippen molar-refractivity contribution in [1.82, 2.24) is 5.32 Å². The van der Waals surface area contributed by atoms with Crippen molar-refractivity contribution >= 4 is 56.3 Å². The van der Waals surface area contributed by atoms with Crippen molar-refractivity contribution < 1.29 is 23.9 Å². The molecule has 1 saturated heterocycles. The maximum atomic E-state index is 13.2. The molecule has 7 nitrogen and oxygen atoms in total. The lowest BCUT2D eigenvalue weighted by Crippen LogP contribution is -2.54. The maximum Gasteiger partial charge on any atom is 0.335 e. The van der Waals surface area contributed by atoms with Crippen molar-refractivity contribution in [2.45, 2.75) is 13.5 Å². The average Bonchev–Trinajstić information content (AvgIpc) is 2.91. The number of imide groups is 2. The number of amides is 4. The van der Waals surface area contributed by atoms with E-state index in [1.165, 1.54) is 13.2 Å². The number of anilines is 1. The lowest BCUT2D eigenvalue weighted by Gasteiger charge is -2.26. The Balaban J connectivity index is 1.42. The third kappa shape index (κ3) is 5.03. The molecule has 0 bridgehead atoms. The molecule has 1 fully saturated rings. The van der Waals surface area contributed by atoms with Crippen LogP contribution in [0.1, 0.15) is 16.7 Å². The first-order valence-corrected chi connectivity index (χ1v) is 12.6. The van der Waals surface area contributed by atoms with E-state index in [0.717, 1.165) is 26.8 Å². The molecule has 1 heterocycles. The Bertz CT molecular complexity index is 1610. The molecule has 38 heavy (non-hydrogen) atoms. The normalized spacial score (nSPS) is 14.7. The second-order valence-electron chi connectivity index (χ2n) is 8.79. The molecule has 0 unspecified atom stereocenters. The molecule has 0 radical (unpaired) electrons. The first-order valence-electron chi connectivity index (χ1n) is 11.8. The van der Waals surface area contributed by atoms with Gasteiger partial charge in [0.15, 0.2) is 11.5 Å². The predicted octanol–water partition coefficient (Wildman–Crippen LogP) is 6.16. The van der Waals surface area contributed by atoms with Gasteiger partial charge in [0.05, 0.1) is 12.8 Å². The Morgan fingerprint density at radius 1 is 0.895 bits per heavy atom. The van der Waals surface area contributed by atoms with Gasteiger partial charge in [-0.2, -0.15) is 0 Å². The van der Waals surface area contributed by atoms with E-state index in [1.807, 2.05) is 31.2 Å². The number of carbonyl (C=O) groups is 3. The Hall–Kier alpha value is -4.43. The zero-order valence-electron chi connectivity index (χ0n) is 20.7. The van der Waals surface area contributed by atoms with Gasteiger partial charge in [-0.3, -0.25) is 14.9 Å². The van der Waals surface area contributed by atoms with E-state index >= 15 is 0 Å². The van der Waals surface area contributed by atoms with Gasteiger partial charge < -0.3 is 9.47 Å². The minimum absolute atomic E-state index is 0.183. The van der Waals surface area contributed by atoms with E-state index in [0.29, 0.717) is 33.8 Å². The quantitative estimate of drug-likeness (QED) is 0.221. The average molecular weight is 571 g/mol. The molecule has 0 aliphatic carbocycles. The van der Waals surface area contributed by atoms with Gasteiger partial charge in [0.1, 0.15) is 12.2 Å². The number of benzene rings is 4. The molecule has 8 heteroatoms. The fourth-order valence-corrected chi connectivity index (χ4v) is 4.60. The summed E-state index contributed by atoms with van der Waals surface area (Å²) in [6.07, 6.45) is 1.42. The van der Waals surface area contributed by atoms with Crippen LogP contribution in [0, 0.1) is 6.92 Å². The number of aryl methyl sites for hydroxylation is 1. The number of methoxy groups -OCH3 is 1. The fourth-order valence-electron chi connectivity index (χ4n) is 4.16. The number of halogens is 1. The standard InChI is InChI=1S/C30H23BrN2O5/c1-18-7-11-23(12-8-18)33-29(35)24(28(34)32-30(33)36)14-22-15-26(37-2)27(16-25(22)31)38-17-19-9-10-20-5-3-4-6-21(20)13-19/h3-16H,17H2,1-2H3,(H,32,34,36)/b24-14+. The van der Waals surface area contributed by atoms with Crippen molar-refractivity contribution in [2.75, 3.05) is 12.0 Å². The second-order valence-corrected chi connectivity index (χ2v) is 9.64. The molecule has 4 aromatic carbocycles. The van der Waals surface area contributed by atoms with Gasteiger partial charge in [0.25, 0.3) is 11.8 Å². The number of nitrogens with zero attached hydrogens (tertiary/aromatic N) is 1. The van der Waals surface area contributed by atoms with Crippen LogP contribution in [0.2, 0.25) is 0 Å². The van der Waals surface area contributed by atoms with Crippen LogP contribution >= 0.6 is 15.9 Å². The topological polar surface area (TPSA) is 84.9 Å². The molecule has 190 valence electrons. The van der Waals surface area contributed by atoms with Gasteiger partial charge >= 0.3 is 6.03 Å². The molecule has 0 atom stereocenters. The van der Waals surface area contributed by atoms with Gasteiger partial charge in [0.2, 0.25) is 0 Å². The molecular weight excluding hydrogens is 548 g/mol. The minimum Gasteiger partial charge on any atom is -0.493 e. The smallest absolute Gasteiger partial charge is 0.335 e. The van der Waals surface area contributed by atoms with Crippen molar-refractivity contribution in [3.63, 3.8) is 0 Å². The number of urea groups is 1. The Morgan fingerprint density at radius 3 is 2.37 bits per heavy atom. The third-order valence-corrected chi connectivity index (χ3v) is 6.87. The summed E-state index contributed by atoms with van der Waals surface area (Å²) in [6.45, 7) is 2.22. The van der Waals surface area contributed by atoms with E-state index in [9.17, 15) is 14.4 Å². The monoisotopic (exact) mass is 570 g/mol. The maximum absolute atomic E-state index is 13.2. The van der Waals surface area contributed by atoms with Crippen LogP contribution in [-0.2, 0) is 16.2 Å². The highest BCUT2D eigenvalue weighted by atomic mass is 79.9. The summed E-state index contributed by atoms with van der Waals surface area (Å²) < 4.78 is 12.2. The molecule has 0 aromatic heterocycles. The molecular formula is C30H23BrN2O5. The van der Waals surface area contributed by atoms with Crippen LogP contribution in [0.25, 0.3) is 16.8 Å². The Labute approximate surface area is 227 Å². The van der Waals surface area contributed by atoms with Crippen molar-refractivity contribution in [3.8, 4) is 11.5 Å². The van der Waals surface area contributed by atoms with E-state index < -0.39 is 17.8 Å². The highest BCUT2D eigenvalue weighted by molar-refractivity contribution is 9.10. The summed E-state index contributed by atoms with van der Waals surface area (Å²) in [4.78, 5) is 39.3. The summed E-state index contributed by atoms with van der Waals surface area (Å²) in [5, 5.41) is 4.51. The first kappa shape index (κ1) is 25.2. The summed E-state index contributed by atoms with van der Waals surface area (Å²) in [6, 6.07) is 23.7. The van der Waals surface area contributed by atoms with Crippen molar-refractivity contribution in [1.29, 1.82) is 0 Å². The molecule has 0 saturated carbocycles. The zero-order chi connectivity index (χ0) is 26.8. The second kappa shape index (κ2) is 10.5. The Kier molecular flexibility index (Phi) is 6.98. The number of carbonyl (C=O) groups excluding carboxylic acids is 3. The van der Waals surface area contributed by atoms with Crippen molar-refractivity contribution in [3.05, 3.63) is 106 Å². The highest BCUT2D eigenvalue weighted by Gasteiger charge is 2.37. The van der Waals surface area contributed by atoms with Crippen LogP contribution in [0.5, 0.6) is 11.5 Å². The van der Waals surface area contributed by atoms with Crippen LogP contribution in [0.4, 0.5) is 10.5 Å². The van der Waals surface area contributed by atoms with Gasteiger partial charge in [-0.05, 0) is 65.2 Å². The predicted molar refractivity (Wildman–Crippen MR) is 149 cm³/mol. The summed E-state index contributed by atoms with van der Waals surface area (Å²) >= 11 is 3.51. The number of rotatable bonds is 6. The van der Waals surface area contributed by atoms with Crippen LogP contribution in [0.3, 0.4) is 0 Å². The zero-order valence-corrected chi connectivity index (χ0v) is 22.2. The molecule has 4 aromatic rings. The molecule has 1 aliphatic heterocycles. The van der Waals surface area contributed by atoms with Gasteiger partial charge in [-0.15, -0.1) is 0 Å². The fraction of sp³-hybridized carbons (Fsp3) is 0.100. The van der Waals surface area contributed by atoms with Crippen LogP contribution < -0.4 is 19.7 Å². The molecule has 5 rings (SSSR count). The lowest BCUT2D eigenvalue weighted by molar-refractivity contribution is -0.122. The lowest BCUT2D eigenvalue weighted by atomic mass is 10.1. The molecule has 1 N–H and O–H groups in total. The van der Waals surface area contributed by atoms with E-state index in [4.69, 9.17) is 9.47 Å². The summed E-state index contributed by atoms with van der Waals surface area (Å²) in [5.41, 5.74) is 2.67. The summed E-state index contributed by atoms with van der Waals surface area (Å²) in [5.74, 6) is -0.572. The number of hydrogen-bond donors (Lipinski definition) is 1. The highest BCUT2D eigenvalue weighted by Crippen LogP contribution is 2.36.